The molecule has 0 bridgehead atoms. The van der Waals surface area contributed by atoms with E-state index in [1.807, 2.05) is 32.0 Å². The highest BCUT2D eigenvalue weighted by atomic mass is 16.2. The normalized spacial score (nSPS) is 13.4. The number of carbonyl (C=O) groups excluding carboxylic acids is 2. The fourth-order valence-corrected chi connectivity index (χ4v) is 3.09. The van der Waals surface area contributed by atoms with E-state index in [1.54, 1.807) is 30.3 Å². The fourth-order valence-electron chi connectivity index (χ4n) is 3.09. The monoisotopic (exact) mass is 359 g/mol. The Morgan fingerprint density at radius 2 is 1.81 bits per heavy atom. The molecule has 2 aromatic carbocycles. The molecule has 3 aromatic rings. The topological polar surface area (TPSA) is 71.1 Å². The third kappa shape index (κ3) is 3.82. The van der Waals surface area contributed by atoms with Crippen LogP contribution in [0, 0.1) is 13.8 Å². The number of aryl methyl sites for hydroxylation is 2. The van der Waals surface area contributed by atoms with E-state index in [4.69, 9.17) is 0 Å². The summed E-state index contributed by atoms with van der Waals surface area (Å²) in [7, 11) is 0. The number of pyridine rings is 1. The molecular formula is C22H21N3O2. The van der Waals surface area contributed by atoms with Gasteiger partial charge in [0, 0.05) is 28.4 Å². The van der Waals surface area contributed by atoms with Gasteiger partial charge in [-0.15, -0.1) is 0 Å². The number of carbonyl (C=O) groups is 2. The van der Waals surface area contributed by atoms with E-state index >= 15 is 0 Å². The van der Waals surface area contributed by atoms with E-state index in [1.165, 1.54) is 0 Å². The minimum absolute atomic E-state index is 0.102. The molecule has 2 amide bonds. The summed E-state index contributed by atoms with van der Waals surface area (Å²) >= 11 is 0. The molecule has 1 aromatic heterocycles. The summed E-state index contributed by atoms with van der Waals surface area (Å²) in [6.45, 7) is 3.86. The van der Waals surface area contributed by atoms with Crippen molar-refractivity contribution in [1.29, 1.82) is 0 Å². The van der Waals surface area contributed by atoms with Gasteiger partial charge in [-0.2, -0.15) is 0 Å². The highest BCUT2D eigenvalue weighted by molar-refractivity contribution is 6.12. The van der Waals surface area contributed by atoms with Crippen LogP contribution in [0.25, 0.3) is 10.9 Å². The molecule has 1 fully saturated rings. The Labute approximate surface area is 157 Å². The second-order valence-corrected chi connectivity index (χ2v) is 7.11. The largest absolute Gasteiger partial charge is 0.349 e. The average molecular weight is 359 g/mol. The molecule has 0 atom stereocenters. The highest BCUT2D eigenvalue weighted by Crippen LogP contribution is 2.22. The number of benzene rings is 2. The Bertz CT molecular complexity index is 1050. The van der Waals surface area contributed by atoms with Crippen LogP contribution in [0.3, 0.4) is 0 Å². The molecule has 4 rings (SSSR count). The van der Waals surface area contributed by atoms with Crippen LogP contribution in [0.5, 0.6) is 0 Å². The maximum atomic E-state index is 12.9. The van der Waals surface area contributed by atoms with Gasteiger partial charge >= 0.3 is 0 Å². The molecule has 1 aliphatic carbocycles. The van der Waals surface area contributed by atoms with Crippen molar-refractivity contribution in [2.24, 2.45) is 0 Å². The van der Waals surface area contributed by atoms with Crippen LogP contribution >= 0.6 is 0 Å². The first kappa shape index (κ1) is 17.2. The van der Waals surface area contributed by atoms with Gasteiger partial charge in [0.1, 0.15) is 0 Å². The summed E-state index contributed by atoms with van der Waals surface area (Å²) in [4.78, 5) is 29.7. The molecule has 1 aliphatic rings. The Kier molecular flexibility index (Phi) is 4.36. The van der Waals surface area contributed by atoms with E-state index in [2.05, 4.69) is 15.6 Å². The van der Waals surface area contributed by atoms with Crippen LogP contribution in [0.2, 0.25) is 0 Å². The molecule has 0 aliphatic heterocycles. The lowest BCUT2D eigenvalue weighted by Gasteiger charge is -2.11. The van der Waals surface area contributed by atoms with Gasteiger partial charge in [-0.05, 0) is 63.1 Å². The van der Waals surface area contributed by atoms with Gasteiger partial charge in [-0.25, -0.2) is 0 Å². The van der Waals surface area contributed by atoms with Gasteiger partial charge in [-0.3, -0.25) is 14.6 Å². The predicted molar refractivity (Wildman–Crippen MR) is 106 cm³/mol. The SMILES string of the molecule is Cc1ccc2nc(C)cc(C(=O)Nc3cccc(C(=O)NC4CC4)c3)c2c1. The second kappa shape index (κ2) is 6.83. The first-order chi connectivity index (χ1) is 13.0. The van der Waals surface area contributed by atoms with Crippen LogP contribution < -0.4 is 10.6 Å². The molecule has 1 saturated carbocycles. The first-order valence-electron chi connectivity index (χ1n) is 9.10. The molecule has 2 N–H and O–H groups in total. The Balaban J connectivity index is 1.62. The van der Waals surface area contributed by atoms with Crippen molar-refractivity contribution in [2.45, 2.75) is 32.7 Å². The maximum Gasteiger partial charge on any atom is 0.256 e. The van der Waals surface area contributed by atoms with Gasteiger partial charge in [-0.1, -0.05) is 17.7 Å². The van der Waals surface area contributed by atoms with E-state index in [9.17, 15) is 9.59 Å². The standard InChI is InChI=1S/C22H21N3O2/c1-13-6-9-20-18(10-13)19(11-14(2)23-20)22(27)25-17-5-3-4-15(12-17)21(26)24-16-7-8-16/h3-6,9-12,16H,7-8H2,1-2H3,(H,24,26)(H,25,27). The summed E-state index contributed by atoms with van der Waals surface area (Å²) in [6, 6.07) is 15.0. The summed E-state index contributed by atoms with van der Waals surface area (Å²) < 4.78 is 0. The highest BCUT2D eigenvalue weighted by Gasteiger charge is 2.24. The zero-order valence-electron chi connectivity index (χ0n) is 15.4. The van der Waals surface area contributed by atoms with Gasteiger partial charge < -0.3 is 10.6 Å². The average Bonchev–Trinajstić information content (AvgIpc) is 3.45. The van der Waals surface area contributed by atoms with E-state index in [0.29, 0.717) is 22.9 Å². The summed E-state index contributed by atoms with van der Waals surface area (Å²) in [5, 5.41) is 6.70. The quantitative estimate of drug-likeness (QED) is 0.740. The molecule has 1 heterocycles. The van der Waals surface area contributed by atoms with Crippen molar-refractivity contribution in [3.05, 3.63) is 70.9 Å². The molecule has 0 unspecified atom stereocenters. The zero-order chi connectivity index (χ0) is 19.0. The lowest BCUT2D eigenvalue weighted by molar-refractivity contribution is 0.0949. The minimum Gasteiger partial charge on any atom is -0.349 e. The summed E-state index contributed by atoms with van der Waals surface area (Å²) in [5.41, 5.74) is 4.37. The van der Waals surface area contributed by atoms with Gasteiger partial charge in [0.2, 0.25) is 0 Å². The third-order valence-electron chi connectivity index (χ3n) is 4.63. The molecule has 0 radical (unpaired) electrons. The lowest BCUT2D eigenvalue weighted by atomic mass is 10.0. The molecule has 5 heteroatoms. The van der Waals surface area contributed by atoms with Crippen LogP contribution in [-0.4, -0.2) is 22.8 Å². The van der Waals surface area contributed by atoms with E-state index in [-0.39, 0.29) is 11.8 Å². The van der Waals surface area contributed by atoms with Crippen molar-refractivity contribution in [3.63, 3.8) is 0 Å². The number of fused-ring (bicyclic) bond motifs is 1. The number of anilines is 1. The zero-order valence-corrected chi connectivity index (χ0v) is 15.4. The number of nitrogens with one attached hydrogen (secondary N) is 2. The Morgan fingerprint density at radius 1 is 1.00 bits per heavy atom. The van der Waals surface area contributed by atoms with Crippen molar-refractivity contribution in [2.75, 3.05) is 5.32 Å². The molecule has 5 nitrogen and oxygen atoms in total. The summed E-state index contributed by atoms with van der Waals surface area (Å²) in [5.74, 6) is -0.315. The van der Waals surface area contributed by atoms with Crippen molar-refractivity contribution < 1.29 is 9.59 Å². The number of amides is 2. The minimum atomic E-state index is -0.212. The second-order valence-electron chi connectivity index (χ2n) is 7.11. The molecule has 136 valence electrons. The van der Waals surface area contributed by atoms with Crippen molar-refractivity contribution >= 4 is 28.4 Å². The first-order valence-corrected chi connectivity index (χ1v) is 9.10. The van der Waals surface area contributed by atoms with E-state index in [0.717, 1.165) is 35.0 Å². The van der Waals surface area contributed by atoms with Crippen LogP contribution in [0.1, 0.15) is 44.8 Å². The van der Waals surface area contributed by atoms with Crippen molar-refractivity contribution in [3.8, 4) is 0 Å². The van der Waals surface area contributed by atoms with Crippen LogP contribution in [-0.2, 0) is 0 Å². The van der Waals surface area contributed by atoms with Crippen LogP contribution in [0.15, 0.2) is 48.5 Å². The Morgan fingerprint density at radius 3 is 2.59 bits per heavy atom. The maximum absolute atomic E-state index is 12.9. The fraction of sp³-hybridized carbons (Fsp3) is 0.227. The molecule has 0 spiro atoms. The predicted octanol–water partition coefficient (Wildman–Crippen LogP) is 4.00. The van der Waals surface area contributed by atoms with E-state index < -0.39 is 0 Å². The van der Waals surface area contributed by atoms with Gasteiger partial charge in [0.25, 0.3) is 11.8 Å². The number of nitrogens with zero attached hydrogens (tertiary/aromatic N) is 1. The smallest absolute Gasteiger partial charge is 0.256 e. The number of aromatic nitrogens is 1. The Hall–Kier alpha value is -3.21. The molecule has 27 heavy (non-hydrogen) atoms. The number of rotatable bonds is 4. The third-order valence-corrected chi connectivity index (χ3v) is 4.63. The van der Waals surface area contributed by atoms with Crippen LogP contribution in [0.4, 0.5) is 5.69 Å². The molecular weight excluding hydrogens is 338 g/mol. The van der Waals surface area contributed by atoms with Gasteiger partial charge in [0.05, 0.1) is 11.1 Å². The number of hydrogen-bond acceptors (Lipinski definition) is 3. The van der Waals surface area contributed by atoms with Crippen molar-refractivity contribution in [1.82, 2.24) is 10.3 Å². The molecule has 0 saturated heterocycles. The summed E-state index contributed by atoms with van der Waals surface area (Å²) in [6.07, 6.45) is 2.08. The number of hydrogen-bond donors (Lipinski definition) is 2. The lowest BCUT2D eigenvalue weighted by Crippen LogP contribution is -2.25. The van der Waals surface area contributed by atoms with Gasteiger partial charge in [0.15, 0.2) is 0 Å².